The second kappa shape index (κ2) is 39.0. The summed E-state index contributed by atoms with van der Waals surface area (Å²) in [7, 11) is 0. The van der Waals surface area contributed by atoms with Crippen molar-refractivity contribution >= 4 is 64.6 Å². The third-order valence-electron chi connectivity index (χ3n) is 13.7. The Hall–Kier alpha value is -5.51. The van der Waals surface area contributed by atoms with Crippen LogP contribution in [0.1, 0.15) is 144 Å². The van der Waals surface area contributed by atoms with Gasteiger partial charge in [0.25, 0.3) is 0 Å². The number of carbonyl (C=O) groups is 11. The third-order valence-corrected chi connectivity index (χ3v) is 13.7. The van der Waals surface area contributed by atoms with Crippen LogP contribution in [-0.2, 0) is 52.7 Å². The topological polar surface area (TPSA) is 455 Å². The maximum atomic E-state index is 14.4. The molecule has 0 aliphatic carbocycles. The molecule has 26 heteroatoms. The molecule has 1 aliphatic rings. The van der Waals surface area contributed by atoms with E-state index in [0.717, 1.165) is 25.7 Å². The number of amides is 8. The van der Waals surface area contributed by atoms with Gasteiger partial charge in [-0.25, -0.2) is 0 Å². The van der Waals surface area contributed by atoms with Crippen molar-refractivity contribution in [2.75, 3.05) is 45.9 Å². The fourth-order valence-electron chi connectivity index (χ4n) is 9.13. The maximum absolute atomic E-state index is 14.4. The Bertz CT molecular complexity index is 1980. The van der Waals surface area contributed by atoms with E-state index in [-0.39, 0.29) is 95.8 Å². The largest absolute Gasteiger partial charge is 0.394 e. The molecule has 0 aromatic heterocycles. The van der Waals surface area contributed by atoms with Gasteiger partial charge in [0.1, 0.15) is 42.0 Å². The van der Waals surface area contributed by atoms with E-state index >= 15 is 0 Å². The van der Waals surface area contributed by atoms with Gasteiger partial charge in [-0.15, -0.1) is 0 Å². The summed E-state index contributed by atoms with van der Waals surface area (Å²) >= 11 is 0. The molecule has 8 amide bonds. The minimum Gasteiger partial charge on any atom is -0.394 e. The first-order valence-corrected chi connectivity index (χ1v) is 28.2. The molecule has 1 rings (SSSR count). The smallest absolute Gasteiger partial charge is 0.245 e. The number of aliphatic hydroxyl groups excluding tert-OH is 2. The van der Waals surface area contributed by atoms with Gasteiger partial charge < -0.3 is 81.4 Å². The molecule has 11 atom stereocenters. The number of hydrogen-bond acceptors (Lipinski definition) is 18. The van der Waals surface area contributed by atoms with Gasteiger partial charge in [0.15, 0.2) is 11.6 Å². The first-order chi connectivity index (χ1) is 37.4. The Morgan fingerprint density at radius 3 is 1.68 bits per heavy atom. The van der Waals surface area contributed by atoms with Crippen LogP contribution in [0.5, 0.6) is 0 Å². The van der Waals surface area contributed by atoms with E-state index in [1.54, 1.807) is 13.8 Å². The molecule has 0 aromatic rings. The molecule has 0 saturated carbocycles. The molecule has 1 heterocycles. The lowest BCUT2D eigenvalue weighted by Gasteiger charge is -2.29. The minimum absolute atomic E-state index is 0.0681. The lowest BCUT2D eigenvalue weighted by Crippen LogP contribution is -2.60. The van der Waals surface area contributed by atoms with Crippen LogP contribution in [0.2, 0.25) is 0 Å². The van der Waals surface area contributed by atoms with Gasteiger partial charge in [0.05, 0.1) is 18.8 Å². The maximum Gasteiger partial charge on any atom is 0.245 e. The number of Topliss-reactive ketones (excluding diaryl/α,β-unsaturated/α-hetero) is 3. The molecule has 0 bridgehead atoms. The summed E-state index contributed by atoms with van der Waals surface area (Å²) in [6, 6.07) is -9.98. The average molecular weight is 1120 g/mol. The SMILES string of the molecule is CCCCCCCC(=O)C[C@@H](CCN)C(=O)N[C@@H](CO)C(=O)C[C@@H](CCN)C(=O)N[C@H]1CCNC(=O)[C@H]([C@@H](C)O)NC(=O)[C@H](CCN)NC(=O)[C@H](CCN)NC(=O)[C@H](C(C)C)NC(=O)[C@@H](CC(C)C)CC(=O)[C@H](CCN)NC1=O. The molecule has 0 aromatic carbocycles. The summed E-state index contributed by atoms with van der Waals surface area (Å²) in [5, 5.41) is 41.6. The predicted molar refractivity (Wildman–Crippen MR) is 295 cm³/mol. The predicted octanol–water partition coefficient (Wildman–Crippen LogP) is -3.19. The van der Waals surface area contributed by atoms with Gasteiger partial charge in [-0.1, -0.05) is 60.3 Å². The fraction of sp³-hybridized carbons (Fsp3) is 0.792. The normalized spacial score (nSPS) is 23.2. The average Bonchev–Trinajstić information content (AvgIpc) is 3.38. The highest BCUT2D eigenvalue weighted by Gasteiger charge is 2.37. The van der Waals surface area contributed by atoms with Gasteiger partial charge in [-0.3, -0.25) is 52.7 Å². The fourth-order valence-corrected chi connectivity index (χ4v) is 9.13. The Balaban J connectivity index is 3.76. The second-order valence-electron chi connectivity index (χ2n) is 21.4. The number of nitrogens with one attached hydrogen (secondary N) is 8. The molecular formula is C53H97N13O13. The summed E-state index contributed by atoms with van der Waals surface area (Å²) in [6.45, 7) is 8.58. The Kier molecular flexibility index (Phi) is 35.3. The molecule has 0 radical (unpaired) electrons. The highest BCUT2D eigenvalue weighted by atomic mass is 16.3. The molecular weight excluding hydrogens is 1030 g/mol. The Morgan fingerprint density at radius 2 is 1.15 bits per heavy atom. The van der Waals surface area contributed by atoms with Crippen LogP contribution in [0.4, 0.5) is 0 Å². The molecule has 1 aliphatic heterocycles. The summed E-state index contributed by atoms with van der Waals surface area (Å²) in [6.07, 6.45) is 1.63. The van der Waals surface area contributed by atoms with Crippen LogP contribution in [0.25, 0.3) is 0 Å². The van der Waals surface area contributed by atoms with Crippen LogP contribution >= 0.6 is 0 Å². The van der Waals surface area contributed by atoms with Crippen molar-refractivity contribution in [3.8, 4) is 0 Å². The van der Waals surface area contributed by atoms with E-state index in [1.165, 1.54) is 6.92 Å². The lowest BCUT2D eigenvalue weighted by molar-refractivity contribution is -0.137. The van der Waals surface area contributed by atoms with E-state index in [0.29, 0.717) is 6.42 Å². The summed E-state index contributed by atoms with van der Waals surface area (Å²) in [4.78, 5) is 152. The molecule has 0 unspecified atom stereocenters. The molecule has 452 valence electrons. The quantitative estimate of drug-likeness (QED) is 0.0315. The zero-order chi connectivity index (χ0) is 59.8. The van der Waals surface area contributed by atoms with Gasteiger partial charge in [-0.05, 0) is 103 Å². The summed E-state index contributed by atoms with van der Waals surface area (Å²) < 4.78 is 0. The number of rotatable bonds is 30. The van der Waals surface area contributed by atoms with Crippen LogP contribution < -0.4 is 71.2 Å². The van der Waals surface area contributed by atoms with Gasteiger partial charge >= 0.3 is 0 Å². The van der Waals surface area contributed by atoms with Crippen molar-refractivity contribution in [2.45, 2.75) is 193 Å². The van der Waals surface area contributed by atoms with Crippen molar-refractivity contribution in [1.29, 1.82) is 0 Å². The first kappa shape index (κ1) is 71.5. The number of unbranched alkanes of at least 4 members (excludes halogenated alkanes) is 4. The second-order valence-corrected chi connectivity index (χ2v) is 21.4. The van der Waals surface area contributed by atoms with Gasteiger partial charge in [0.2, 0.25) is 47.3 Å². The van der Waals surface area contributed by atoms with E-state index in [9.17, 15) is 63.0 Å². The molecule has 1 fully saturated rings. The van der Waals surface area contributed by atoms with Crippen LogP contribution in [0.15, 0.2) is 0 Å². The number of aliphatic hydroxyl groups is 2. The summed E-state index contributed by atoms with van der Waals surface area (Å²) in [5.41, 5.74) is 29.2. The highest BCUT2D eigenvalue weighted by Crippen LogP contribution is 2.21. The molecule has 1 saturated heterocycles. The van der Waals surface area contributed by atoms with Crippen molar-refractivity contribution in [2.24, 2.45) is 58.3 Å². The number of ketones is 3. The number of carbonyl (C=O) groups excluding carboxylic acids is 11. The van der Waals surface area contributed by atoms with Crippen molar-refractivity contribution in [1.82, 2.24) is 42.5 Å². The van der Waals surface area contributed by atoms with E-state index in [1.807, 2.05) is 13.8 Å². The van der Waals surface area contributed by atoms with E-state index < -0.39 is 163 Å². The van der Waals surface area contributed by atoms with Crippen LogP contribution in [0.3, 0.4) is 0 Å². The molecule has 26 nitrogen and oxygen atoms in total. The number of nitrogens with two attached hydrogens (primary N) is 5. The standard InChI is InChI=1S/C53H97N13O13/c1-7-8-9-10-11-12-36(69)26-33(13-19-54)46(72)64-41(29-67)43(71)27-34(14-20-55)47(73)61-40-18-24-59-52(78)45(32(6)68)66-51(77)39(17-23-58)62-49(75)38(16-22-57)63-53(79)44(31(4)5)65-48(74)35(25-30(2)3)28-42(70)37(15-21-56)60-50(40)76/h30-35,37-41,44-45,67-68H,7-29,54-58H2,1-6H3,(H,59,78)(H,60,76)(H,61,73)(H,62,75)(H,63,79)(H,64,72)(H,65,74)(H,66,77)/t32-,33-,34-,35+,37+,38+,39+,40+,41+,44+,45+/m1/s1. The van der Waals surface area contributed by atoms with E-state index in [2.05, 4.69) is 49.5 Å². The lowest BCUT2D eigenvalue weighted by atomic mass is 9.88. The zero-order valence-electron chi connectivity index (χ0n) is 47.5. The van der Waals surface area contributed by atoms with Gasteiger partial charge in [0, 0.05) is 50.0 Å². The van der Waals surface area contributed by atoms with Crippen LogP contribution in [-0.4, -0.2) is 169 Å². The Labute approximate surface area is 465 Å². The molecule has 0 spiro atoms. The van der Waals surface area contributed by atoms with Crippen molar-refractivity contribution in [3.63, 3.8) is 0 Å². The Morgan fingerprint density at radius 1 is 0.620 bits per heavy atom. The van der Waals surface area contributed by atoms with E-state index in [4.69, 9.17) is 28.7 Å². The first-order valence-electron chi connectivity index (χ1n) is 28.2. The van der Waals surface area contributed by atoms with Crippen molar-refractivity contribution in [3.05, 3.63) is 0 Å². The highest BCUT2D eigenvalue weighted by molar-refractivity contribution is 5.99. The molecule has 20 N–H and O–H groups in total. The number of hydrogen-bond donors (Lipinski definition) is 15. The zero-order valence-corrected chi connectivity index (χ0v) is 47.5. The minimum atomic E-state index is -1.65. The van der Waals surface area contributed by atoms with Gasteiger partial charge in [-0.2, -0.15) is 0 Å². The van der Waals surface area contributed by atoms with Crippen LogP contribution in [0, 0.1) is 29.6 Å². The van der Waals surface area contributed by atoms with Crippen molar-refractivity contribution < 1.29 is 63.0 Å². The summed E-state index contributed by atoms with van der Waals surface area (Å²) in [5.74, 6) is -12.1. The monoisotopic (exact) mass is 1120 g/mol. The molecule has 79 heavy (non-hydrogen) atoms. The third kappa shape index (κ3) is 26.5.